The van der Waals surface area contributed by atoms with E-state index in [0.29, 0.717) is 12.8 Å². The first kappa shape index (κ1) is 86.7. The second-order valence-corrected chi connectivity index (χ2v) is 26.4. The van der Waals surface area contributed by atoms with Crippen LogP contribution in [0.25, 0.3) is 0 Å². The van der Waals surface area contributed by atoms with Crippen molar-refractivity contribution in [3.63, 3.8) is 0 Å². The van der Waals surface area contributed by atoms with E-state index in [4.69, 9.17) is 18.9 Å². The van der Waals surface area contributed by atoms with Crippen LogP contribution in [0.5, 0.6) is 0 Å². The van der Waals surface area contributed by atoms with Crippen molar-refractivity contribution in [1.29, 1.82) is 0 Å². The van der Waals surface area contributed by atoms with Crippen LogP contribution in [0.2, 0.25) is 0 Å². The lowest BCUT2D eigenvalue weighted by atomic mass is 9.97. The molecule has 0 aromatic rings. The van der Waals surface area contributed by atoms with Crippen molar-refractivity contribution in [2.75, 3.05) is 19.8 Å². The first-order chi connectivity index (χ1) is 46.1. The van der Waals surface area contributed by atoms with Crippen LogP contribution >= 0.6 is 0 Å². The van der Waals surface area contributed by atoms with Gasteiger partial charge in [-0.15, -0.1) is 0 Å². The molecule has 0 spiro atoms. The average Bonchev–Trinajstić information content (AvgIpc) is 0.794. The molecule has 0 saturated carbocycles. The number of aliphatic hydroxyl groups excluding tert-OH is 8. The average molecular weight is 1320 g/mol. The Balaban J connectivity index is 1.61. The van der Waals surface area contributed by atoms with Crippen molar-refractivity contribution in [1.82, 2.24) is 5.32 Å². The highest BCUT2D eigenvalue weighted by Crippen LogP contribution is 2.30. The van der Waals surface area contributed by atoms with E-state index in [2.05, 4.69) is 116 Å². The molecule has 94 heavy (non-hydrogen) atoms. The van der Waals surface area contributed by atoms with Gasteiger partial charge in [-0.2, -0.15) is 0 Å². The normalized spacial score (nSPS) is 23.1. The number of hydrogen-bond acceptors (Lipinski definition) is 13. The maximum atomic E-state index is 13.4. The summed E-state index contributed by atoms with van der Waals surface area (Å²) >= 11 is 0. The molecule has 2 fully saturated rings. The van der Waals surface area contributed by atoms with Gasteiger partial charge in [-0.25, -0.2) is 0 Å². The predicted octanol–water partition coefficient (Wildman–Crippen LogP) is 16.7. The number of allylic oxidation sites excluding steroid dienone is 17. The molecule has 14 nitrogen and oxygen atoms in total. The maximum absolute atomic E-state index is 13.4. The SMILES string of the molecule is CC/C=C\C/C=C\C/C=C\C/C=C\C/C=C\C/C=C\CCCCCCCCCCCCCCCCCCCCCCC(=O)NC(COC1OC(CO)C(OC2OC(CO)C(O)C(O)C2O)C(O)C1O)C(O)/C=C/CC/C=C/CC/C=C/CCCCCCCCCCCCC. The molecule has 2 aliphatic heterocycles. The van der Waals surface area contributed by atoms with Gasteiger partial charge in [0.1, 0.15) is 48.8 Å². The summed E-state index contributed by atoms with van der Waals surface area (Å²) in [6.07, 6.45) is 74.5. The minimum absolute atomic E-state index is 0.252. The molecule has 2 rings (SSSR count). The third-order valence-electron chi connectivity index (χ3n) is 17.9. The Hall–Kier alpha value is -3.35. The first-order valence-corrected chi connectivity index (χ1v) is 38.1. The fraction of sp³-hybridized carbons (Fsp3) is 0.762. The second-order valence-electron chi connectivity index (χ2n) is 26.4. The monoisotopic (exact) mass is 1320 g/mol. The summed E-state index contributed by atoms with van der Waals surface area (Å²) in [5.74, 6) is -0.252. The molecule has 0 radical (unpaired) electrons. The molecular formula is C80H139NO13. The molecule has 12 atom stereocenters. The van der Waals surface area contributed by atoms with Gasteiger partial charge in [-0.1, -0.05) is 303 Å². The van der Waals surface area contributed by atoms with E-state index in [1.165, 1.54) is 180 Å². The Morgan fingerprint density at radius 2 is 0.745 bits per heavy atom. The van der Waals surface area contributed by atoms with Crippen molar-refractivity contribution in [3.05, 3.63) is 109 Å². The molecule has 1 amide bonds. The van der Waals surface area contributed by atoms with Crippen LogP contribution in [-0.2, 0) is 23.7 Å². The third kappa shape index (κ3) is 46.0. The van der Waals surface area contributed by atoms with Gasteiger partial charge >= 0.3 is 0 Å². The smallest absolute Gasteiger partial charge is 0.220 e. The van der Waals surface area contributed by atoms with E-state index in [1.807, 2.05) is 6.08 Å². The number of rotatable bonds is 62. The molecule has 2 saturated heterocycles. The van der Waals surface area contributed by atoms with Crippen molar-refractivity contribution >= 4 is 5.91 Å². The molecule has 0 aliphatic carbocycles. The van der Waals surface area contributed by atoms with E-state index in [9.17, 15) is 45.6 Å². The summed E-state index contributed by atoms with van der Waals surface area (Å²) in [4.78, 5) is 13.4. The number of amides is 1. The summed E-state index contributed by atoms with van der Waals surface area (Å²) in [7, 11) is 0. The van der Waals surface area contributed by atoms with Gasteiger partial charge in [-0.3, -0.25) is 4.79 Å². The number of carbonyl (C=O) groups is 1. The van der Waals surface area contributed by atoms with E-state index in [-0.39, 0.29) is 18.9 Å². The fourth-order valence-electron chi connectivity index (χ4n) is 11.9. The largest absolute Gasteiger partial charge is 0.394 e. The summed E-state index contributed by atoms with van der Waals surface area (Å²) in [5.41, 5.74) is 0. The van der Waals surface area contributed by atoms with Crippen LogP contribution in [0.3, 0.4) is 0 Å². The Bertz CT molecular complexity index is 2000. The molecule has 0 aromatic heterocycles. The summed E-state index contributed by atoms with van der Waals surface area (Å²) in [6, 6.07) is -0.943. The molecule has 14 heteroatoms. The van der Waals surface area contributed by atoms with Gasteiger partial charge in [0, 0.05) is 6.42 Å². The number of unbranched alkanes of at least 4 members (excludes halogenated alkanes) is 33. The maximum Gasteiger partial charge on any atom is 0.220 e. The number of hydrogen-bond donors (Lipinski definition) is 9. The Morgan fingerprint density at radius 3 is 1.17 bits per heavy atom. The number of aliphatic hydroxyl groups is 8. The van der Waals surface area contributed by atoms with E-state index in [1.54, 1.807) is 6.08 Å². The molecule has 0 aromatic carbocycles. The van der Waals surface area contributed by atoms with E-state index >= 15 is 0 Å². The second kappa shape index (κ2) is 63.1. The molecular weight excluding hydrogens is 1180 g/mol. The number of ether oxygens (including phenoxy) is 4. The molecule has 9 N–H and O–H groups in total. The lowest BCUT2D eigenvalue weighted by Gasteiger charge is -2.46. The van der Waals surface area contributed by atoms with E-state index < -0.39 is 86.8 Å². The predicted molar refractivity (Wildman–Crippen MR) is 387 cm³/mol. The first-order valence-electron chi connectivity index (χ1n) is 38.1. The molecule has 2 aliphatic rings. The van der Waals surface area contributed by atoms with Crippen LogP contribution in [0.15, 0.2) is 109 Å². The molecule has 12 unspecified atom stereocenters. The van der Waals surface area contributed by atoms with Gasteiger partial charge in [0.05, 0.1) is 32.0 Å². The Labute approximate surface area is 572 Å². The van der Waals surface area contributed by atoms with Crippen LogP contribution < -0.4 is 5.32 Å². The molecule has 542 valence electrons. The fourth-order valence-corrected chi connectivity index (χ4v) is 11.9. The van der Waals surface area contributed by atoms with Gasteiger partial charge in [0.15, 0.2) is 12.6 Å². The lowest BCUT2D eigenvalue weighted by molar-refractivity contribution is -0.359. The number of nitrogens with one attached hydrogen (secondary N) is 1. The Kier molecular flexibility index (Phi) is 58.2. The molecule has 2 heterocycles. The highest BCUT2D eigenvalue weighted by molar-refractivity contribution is 5.76. The van der Waals surface area contributed by atoms with Crippen molar-refractivity contribution in [3.8, 4) is 0 Å². The lowest BCUT2D eigenvalue weighted by Crippen LogP contribution is -2.65. The van der Waals surface area contributed by atoms with Gasteiger partial charge in [0.2, 0.25) is 5.91 Å². The number of carbonyl (C=O) groups excluding carboxylic acids is 1. The zero-order valence-corrected chi connectivity index (χ0v) is 59.2. The third-order valence-corrected chi connectivity index (χ3v) is 17.9. The quantitative estimate of drug-likeness (QED) is 0.0204. The zero-order chi connectivity index (χ0) is 68.0. The summed E-state index contributed by atoms with van der Waals surface area (Å²) in [6.45, 7) is 2.68. The highest BCUT2D eigenvalue weighted by atomic mass is 16.7. The van der Waals surface area contributed by atoms with Crippen LogP contribution in [-0.4, -0.2) is 140 Å². The standard InChI is InChI=1S/C80H139NO13/c1-3-5-7-9-11-13-15-17-19-21-23-25-26-27-28-29-30-31-32-33-34-35-36-37-38-39-40-41-42-44-46-48-50-52-54-56-58-60-62-64-72(85)81-68(69(84)63-61-59-57-55-53-51-49-47-45-43-24-22-20-18-16-14-12-10-8-6-4-2)67-91-79-77(90)75(88)78(71(66-83)93-79)94-80-76(89)74(87)73(86)70(65-82)92-80/h5,7,11,13,17,19,23,25,27-28,30-31,45,47,53,55,61,63,68-71,73-80,82-84,86-90H,3-4,6,8-10,12,14-16,18,20-22,24,26,29,32-44,46,48-52,54,56-60,62,64-67H2,1-2H3,(H,81,85)/b7-5-,13-11-,19-17-,25-23-,28-27-,31-30-,47-45+,55-53+,63-61+. The van der Waals surface area contributed by atoms with Gasteiger partial charge in [-0.05, 0) is 96.3 Å². The van der Waals surface area contributed by atoms with Crippen LogP contribution in [0.4, 0.5) is 0 Å². The summed E-state index contributed by atoms with van der Waals surface area (Å²) in [5, 5.41) is 87.5. The van der Waals surface area contributed by atoms with Crippen LogP contribution in [0.1, 0.15) is 296 Å². The highest BCUT2D eigenvalue weighted by Gasteiger charge is 2.51. The minimum atomic E-state index is -1.80. The van der Waals surface area contributed by atoms with Gasteiger partial charge in [0.25, 0.3) is 0 Å². The zero-order valence-electron chi connectivity index (χ0n) is 59.2. The van der Waals surface area contributed by atoms with Crippen molar-refractivity contribution in [2.45, 2.75) is 370 Å². The topological polar surface area (TPSA) is 228 Å². The van der Waals surface area contributed by atoms with E-state index in [0.717, 1.165) is 83.5 Å². The minimum Gasteiger partial charge on any atom is -0.394 e. The Morgan fingerprint density at radius 1 is 0.394 bits per heavy atom. The summed E-state index contributed by atoms with van der Waals surface area (Å²) < 4.78 is 22.9. The van der Waals surface area contributed by atoms with Gasteiger partial charge < -0.3 is 65.1 Å². The van der Waals surface area contributed by atoms with Crippen molar-refractivity contribution in [2.24, 2.45) is 0 Å². The van der Waals surface area contributed by atoms with Crippen molar-refractivity contribution < 1.29 is 64.6 Å². The molecule has 0 bridgehead atoms. The van der Waals surface area contributed by atoms with Crippen LogP contribution in [0, 0.1) is 0 Å².